The molecular formula is C9H7F2N3O. The Morgan fingerprint density at radius 2 is 2.20 bits per heavy atom. The van der Waals surface area contributed by atoms with Gasteiger partial charge in [0, 0.05) is 17.3 Å². The minimum atomic E-state index is -2.68. The van der Waals surface area contributed by atoms with E-state index in [4.69, 9.17) is 0 Å². The van der Waals surface area contributed by atoms with E-state index in [1.165, 1.54) is 16.7 Å². The molecule has 0 saturated carbocycles. The lowest BCUT2D eigenvalue weighted by Crippen LogP contribution is -1.97. The Labute approximate surface area is 83.5 Å². The van der Waals surface area contributed by atoms with E-state index in [9.17, 15) is 13.6 Å². The number of hydrogen-bond donors (Lipinski definition) is 0. The van der Waals surface area contributed by atoms with Gasteiger partial charge < -0.3 is 0 Å². The Kier molecular flexibility index (Phi) is 2.18. The average molecular weight is 211 g/mol. The maximum Gasteiger partial charge on any atom is 0.297 e. The van der Waals surface area contributed by atoms with Crippen molar-refractivity contribution >= 4 is 11.9 Å². The van der Waals surface area contributed by atoms with Gasteiger partial charge in [0.1, 0.15) is 0 Å². The number of rotatable bonds is 2. The van der Waals surface area contributed by atoms with Gasteiger partial charge in [0.25, 0.3) is 6.43 Å². The van der Waals surface area contributed by atoms with Crippen molar-refractivity contribution in [3.8, 4) is 0 Å². The van der Waals surface area contributed by atoms with Crippen LogP contribution < -0.4 is 0 Å². The number of aryl methyl sites for hydroxylation is 1. The average Bonchev–Trinajstić information content (AvgIpc) is 2.62. The van der Waals surface area contributed by atoms with E-state index in [0.29, 0.717) is 17.4 Å². The van der Waals surface area contributed by atoms with Crippen molar-refractivity contribution in [2.75, 3.05) is 0 Å². The summed E-state index contributed by atoms with van der Waals surface area (Å²) in [4.78, 5) is 10.6. The van der Waals surface area contributed by atoms with Crippen LogP contribution >= 0.6 is 0 Å². The van der Waals surface area contributed by atoms with Crippen LogP contribution in [-0.2, 0) is 0 Å². The Bertz CT molecular complexity index is 521. The first-order valence-electron chi connectivity index (χ1n) is 4.22. The van der Waals surface area contributed by atoms with Gasteiger partial charge in [0.05, 0.1) is 0 Å². The molecule has 0 saturated heterocycles. The highest BCUT2D eigenvalue weighted by molar-refractivity contribution is 5.80. The second-order valence-corrected chi connectivity index (χ2v) is 3.07. The molecule has 0 aliphatic carbocycles. The van der Waals surface area contributed by atoms with Crippen molar-refractivity contribution in [3.63, 3.8) is 0 Å². The van der Waals surface area contributed by atoms with Crippen LogP contribution in [0.3, 0.4) is 0 Å². The van der Waals surface area contributed by atoms with Crippen molar-refractivity contribution in [2.45, 2.75) is 13.3 Å². The van der Waals surface area contributed by atoms with E-state index in [1.807, 2.05) is 0 Å². The molecule has 0 fully saturated rings. The highest BCUT2D eigenvalue weighted by Gasteiger charge is 2.17. The molecule has 2 rings (SSSR count). The van der Waals surface area contributed by atoms with Crippen LogP contribution in [0.2, 0.25) is 0 Å². The molecule has 0 bridgehead atoms. The maximum atomic E-state index is 12.5. The van der Waals surface area contributed by atoms with Crippen LogP contribution in [0, 0.1) is 6.92 Å². The number of aromatic nitrogens is 3. The Balaban J connectivity index is 2.75. The highest BCUT2D eigenvalue weighted by atomic mass is 19.3. The van der Waals surface area contributed by atoms with E-state index >= 15 is 0 Å². The molecule has 0 radical (unpaired) electrons. The van der Waals surface area contributed by atoms with Crippen LogP contribution in [0.25, 0.3) is 5.65 Å². The second kappa shape index (κ2) is 3.38. The van der Waals surface area contributed by atoms with Gasteiger partial charge in [0.2, 0.25) is 5.82 Å². The van der Waals surface area contributed by atoms with E-state index < -0.39 is 12.2 Å². The van der Waals surface area contributed by atoms with Crippen molar-refractivity contribution in [2.24, 2.45) is 0 Å². The molecule has 0 unspecified atom stereocenters. The predicted molar refractivity (Wildman–Crippen MR) is 48.1 cm³/mol. The van der Waals surface area contributed by atoms with Crippen molar-refractivity contribution in [1.82, 2.24) is 14.6 Å². The van der Waals surface area contributed by atoms with Gasteiger partial charge >= 0.3 is 0 Å². The number of halogens is 2. The standard InChI is InChI=1S/C9H7F2N3O/c1-5-6(4-15)2-3-14-8(5)12-13-9(14)7(10)11/h2-4,7H,1H3. The van der Waals surface area contributed by atoms with Crippen molar-refractivity contribution in [1.29, 1.82) is 0 Å². The molecule has 78 valence electrons. The third-order valence-electron chi connectivity index (χ3n) is 2.22. The molecule has 0 spiro atoms. The lowest BCUT2D eigenvalue weighted by molar-refractivity contribution is 0.112. The first-order valence-corrected chi connectivity index (χ1v) is 4.22. The highest BCUT2D eigenvalue weighted by Crippen LogP contribution is 2.20. The number of alkyl halides is 2. The lowest BCUT2D eigenvalue weighted by Gasteiger charge is -2.01. The minimum Gasteiger partial charge on any atom is -0.298 e. The van der Waals surface area contributed by atoms with Crippen molar-refractivity contribution in [3.05, 3.63) is 29.2 Å². The number of carbonyl (C=O) groups excluding carboxylic acids is 1. The molecule has 0 atom stereocenters. The summed E-state index contributed by atoms with van der Waals surface area (Å²) in [6.07, 6.45) is -0.652. The number of pyridine rings is 1. The number of fused-ring (bicyclic) bond motifs is 1. The van der Waals surface area contributed by atoms with Gasteiger partial charge in [-0.25, -0.2) is 8.78 Å². The van der Waals surface area contributed by atoms with E-state index in [-0.39, 0.29) is 5.65 Å². The van der Waals surface area contributed by atoms with E-state index in [1.54, 1.807) is 6.92 Å². The number of nitrogens with zero attached hydrogens (tertiary/aromatic N) is 3. The molecular weight excluding hydrogens is 204 g/mol. The SMILES string of the molecule is Cc1c(C=O)ccn2c(C(F)F)nnc12. The van der Waals surface area contributed by atoms with Crippen molar-refractivity contribution < 1.29 is 13.6 Å². The normalized spacial score (nSPS) is 11.2. The molecule has 15 heavy (non-hydrogen) atoms. The monoisotopic (exact) mass is 211 g/mol. The first kappa shape index (κ1) is 9.70. The Hall–Kier alpha value is -1.85. The fraction of sp³-hybridized carbons (Fsp3) is 0.222. The molecule has 2 aromatic rings. The van der Waals surface area contributed by atoms with Gasteiger partial charge in [-0.15, -0.1) is 10.2 Å². The van der Waals surface area contributed by atoms with Gasteiger partial charge in [-0.05, 0) is 13.0 Å². The summed E-state index contributed by atoms with van der Waals surface area (Å²) in [6, 6.07) is 1.46. The fourth-order valence-electron chi connectivity index (χ4n) is 1.39. The van der Waals surface area contributed by atoms with E-state index in [2.05, 4.69) is 10.2 Å². The first-order chi connectivity index (χ1) is 7.15. The van der Waals surface area contributed by atoms with E-state index in [0.717, 1.165) is 0 Å². The zero-order valence-electron chi connectivity index (χ0n) is 7.82. The third-order valence-corrected chi connectivity index (χ3v) is 2.22. The second-order valence-electron chi connectivity index (χ2n) is 3.07. The van der Waals surface area contributed by atoms with Gasteiger partial charge in [0.15, 0.2) is 11.9 Å². The number of hydrogen-bond acceptors (Lipinski definition) is 3. The van der Waals surface area contributed by atoms with Crippen LogP contribution in [0.1, 0.15) is 28.2 Å². The molecule has 2 aromatic heterocycles. The van der Waals surface area contributed by atoms with Crippen LogP contribution in [0.5, 0.6) is 0 Å². The largest absolute Gasteiger partial charge is 0.298 e. The zero-order chi connectivity index (χ0) is 11.0. The van der Waals surface area contributed by atoms with Gasteiger partial charge in [-0.3, -0.25) is 9.20 Å². The summed E-state index contributed by atoms with van der Waals surface area (Å²) in [6.45, 7) is 1.64. The summed E-state index contributed by atoms with van der Waals surface area (Å²) < 4.78 is 26.1. The quantitative estimate of drug-likeness (QED) is 0.711. The molecule has 0 N–H and O–H groups in total. The maximum absolute atomic E-state index is 12.5. The molecule has 2 heterocycles. The Morgan fingerprint density at radius 1 is 1.47 bits per heavy atom. The molecule has 0 aliphatic rings. The van der Waals surface area contributed by atoms with Crippen LogP contribution in [0.4, 0.5) is 8.78 Å². The summed E-state index contributed by atoms with van der Waals surface area (Å²) in [7, 11) is 0. The molecule has 0 amide bonds. The summed E-state index contributed by atoms with van der Waals surface area (Å²) in [5.41, 5.74) is 1.26. The third kappa shape index (κ3) is 1.38. The predicted octanol–water partition coefficient (Wildman–Crippen LogP) is 1.79. The molecule has 6 heteroatoms. The lowest BCUT2D eigenvalue weighted by atomic mass is 10.2. The van der Waals surface area contributed by atoms with Gasteiger partial charge in [-0.1, -0.05) is 0 Å². The van der Waals surface area contributed by atoms with Gasteiger partial charge in [-0.2, -0.15) is 0 Å². The fourth-order valence-corrected chi connectivity index (χ4v) is 1.39. The van der Waals surface area contributed by atoms with Crippen LogP contribution in [0.15, 0.2) is 12.3 Å². The van der Waals surface area contributed by atoms with Crippen LogP contribution in [-0.4, -0.2) is 20.9 Å². The molecule has 0 aromatic carbocycles. The summed E-state index contributed by atoms with van der Waals surface area (Å²) >= 11 is 0. The Morgan fingerprint density at radius 3 is 2.80 bits per heavy atom. The molecule has 0 aliphatic heterocycles. The summed E-state index contributed by atoms with van der Waals surface area (Å²) in [5, 5.41) is 7.00. The molecule has 4 nitrogen and oxygen atoms in total. The zero-order valence-corrected chi connectivity index (χ0v) is 7.82. The topological polar surface area (TPSA) is 47.3 Å². The summed E-state index contributed by atoms with van der Waals surface area (Å²) in [5.74, 6) is -0.412. The number of carbonyl (C=O) groups is 1. The minimum absolute atomic E-state index is 0.287. The number of aldehydes is 1. The smallest absolute Gasteiger partial charge is 0.297 e.